The molecule has 766 valence electrons. The summed E-state index contributed by atoms with van der Waals surface area (Å²) in [6, 6.07) is 44.8. The smallest absolute Gasteiger partial charge is 0.257 e. The molecule has 28 nitrogen and oxygen atoms in total. The molecule has 0 spiro atoms. The van der Waals surface area contributed by atoms with Crippen LogP contribution < -0.4 is 30.0 Å². The lowest BCUT2D eigenvalue weighted by molar-refractivity contribution is -0.124. The standard InChI is InChI=1S/C33H31F2N3O5.C24H19F2N3O2.C22H17ClF2N2O3.C10H12BrNO2.C10H14N2O2.C5H3BrIN.C5H8O2/c1-41-24-9-6-20(29(16-24)42-2)18-38-19-28-30(32(38)39)21(15-27(37-28)31-25(34)4-3-5-26(31)35)14-23-8-7-22(17-36-23)33(40)10-12-43-13-11-33;25-18-2-1-3-19(26)23(18)20-11-16(22-21(29-20)13-28-24(22)30)10-17-5-4-15(12-27-17)14-6-8-31-9-7-14;1-29-13-7-6-12(19(8-13)30-2)10-27-11-18-20(22(27)28)14(23)9-17(26-18)21-15(24)4-3-5-16(21)25;2*11-9-2-1-8(7-12-9)10(13)3-5-14-6-4-10;6-5-2-1-4(7)3-8-5;6-5-1-3-7-4-2-5/h3-9,15-17,40H,10-14,18-19H2,1-2H3;1-6,11-12H,7-10,13H2,(H,28,30);3-9H,10-11H2,1-2H3;1-2,7,13H,3-6H2;1-2,7,13H,3-6H2,(H2,11,12);1-3H;1-4H2. The number of ketones is 1. The highest BCUT2D eigenvalue weighted by molar-refractivity contribution is 14.1. The van der Waals surface area contributed by atoms with E-state index in [-0.39, 0.29) is 101 Å². The maximum Gasteiger partial charge on any atom is 0.257 e. The minimum absolute atomic E-state index is 0.0472. The number of amides is 3. The van der Waals surface area contributed by atoms with Gasteiger partial charge in [0, 0.05) is 190 Å². The number of nitrogens with one attached hydrogen (secondary N) is 1. The highest BCUT2D eigenvalue weighted by Crippen LogP contribution is 2.42. The van der Waals surface area contributed by atoms with Gasteiger partial charge in [-0.05, 0) is 198 Å². The molecule has 0 radical (unpaired) electrons. The number of rotatable bonds is 19. The molecule has 0 bridgehead atoms. The van der Waals surface area contributed by atoms with Gasteiger partial charge in [0.1, 0.15) is 78.7 Å². The van der Waals surface area contributed by atoms with Crippen LogP contribution in [0.25, 0.3) is 39.3 Å². The largest absolute Gasteiger partial charge is 0.497 e. The number of nitrogens with two attached hydrogens (primary N) is 1. The fourth-order valence-corrected chi connectivity index (χ4v) is 18.7. The van der Waals surface area contributed by atoms with Gasteiger partial charge in [-0.15, -0.1) is 0 Å². The monoisotopic (exact) mass is 2270 g/mol. The molecule has 8 aliphatic heterocycles. The van der Waals surface area contributed by atoms with Gasteiger partial charge in [-0.3, -0.25) is 29.1 Å². The molecule has 0 saturated carbocycles. The zero-order valence-corrected chi connectivity index (χ0v) is 86.6. The van der Waals surface area contributed by atoms with Crippen molar-refractivity contribution in [3.63, 3.8) is 0 Å². The van der Waals surface area contributed by atoms with Crippen molar-refractivity contribution in [2.24, 2.45) is 0 Å². The van der Waals surface area contributed by atoms with E-state index < -0.39 is 51.7 Å². The maximum absolute atomic E-state index is 14.9. The highest BCUT2D eigenvalue weighted by atomic mass is 127. The molecule has 8 aromatic heterocycles. The number of halogens is 10. The van der Waals surface area contributed by atoms with Gasteiger partial charge in [0.05, 0.1) is 177 Å². The number of fused-ring (bicyclic) bond motifs is 3. The Balaban J connectivity index is 0.000000139. The number of benzene rings is 5. The Labute approximate surface area is 879 Å². The van der Waals surface area contributed by atoms with Crippen LogP contribution in [0.5, 0.6) is 23.0 Å². The lowest BCUT2D eigenvalue weighted by atomic mass is 9.87. The highest BCUT2D eigenvalue weighted by Gasteiger charge is 2.39. The molecule has 0 aliphatic carbocycles. The van der Waals surface area contributed by atoms with Crippen molar-refractivity contribution in [2.75, 3.05) is 100 Å². The lowest BCUT2D eigenvalue weighted by Gasteiger charge is -2.32. The first-order valence-electron chi connectivity index (χ1n) is 47.1. The van der Waals surface area contributed by atoms with Crippen molar-refractivity contribution >= 4 is 101 Å². The molecule has 13 aromatic rings. The number of anilines is 1. The van der Waals surface area contributed by atoms with Crippen LogP contribution >= 0.6 is 66.1 Å². The zero-order chi connectivity index (χ0) is 104. The second kappa shape index (κ2) is 50.4. The number of carbonyl (C=O) groups excluding carboxylic acids is 4. The van der Waals surface area contributed by atoms with Gasteiger partial charge in [0.15, 0.2) is 0 Å². The summed E-state index contributed by atoms with van der Waals surface area (Å²) in [6.07, 6.45) is 16.8. The van der Waals surface area contributed by atoms with Gasteiger partial charge in [0.2, 0.25) is 0 Å². The Morgan fingerprint density at radius 3 is 1.25 bits per heavy atom. The first kappa shape index (κ1) is 109. The van der Waals surface area contributed by atoms with Crippen LogP contribution in [-0.2, 0) is 90.8 Å². The first-order chi connectivity index (χ1) is 70.9. The Morgan fingerprint density at radius 1 is 0.435 bits per heavy atom. The number of aromatic nitrogens is 8. The molecule has 4 saturated heterocycles. The van der Waals surface area contributed by atoms with E-state index in [0.717, 1.165) is 64.8 Å². The third-order valence-electron chi connectivity index (χ3n) is 25.6. The number of carbonyl (C=O) groups is 4. The van der Waals surface area contributed by atoms with Gasteiger partial charge in [-0.1, -0.05) is 60.1 Å². The van der Waals surface area contributed by atoms with Crippen LogP contribution in [0.3, 0.4) is 0 Å². The summed E-state index contributed by atoms with van der Waals surface area (Å²) in [5, 5.41) is 34.5. The average Bonchev–Trinajstić information content (AvgIpc) is 1.39. The quantitative estimate of drug-likeness (QED) is 0.0285. The average molecular weight is 2270 g/mol. The summed E-state index contributed by atoms with van der Waals surface area (Å²) >= 11 is 15.0. The van der Waals surface area contributed by atoms with Crippen molar-refractivity contribution in [3.05, 3.63) is 349 Å². The van der Waals surface area contributed by atoms with Crippen molar-refractivity contribution < 1.29 is 103 Å². The van der Waals surface area contributed by atoms with Crippen molar-refractivity contribution in [1.82, 2.24) is 55.0 Å². The third-order valence-corrected chi connectivity index (χ3v) is 27.5. The molecule has 21 rings (SSSR count). The van der Waals surface area contributed by atoms with Crippen LogP contribution in [0.1, 0.15) is 162 Å². The number of nitrogens with zero attached hydrogens (tertiary/aromatic N) is 10. The number of methoxy groups -OCH3 is 4. The van der Waals surface area contributed by atoms with E-state index in [1.165, 1.54) is 61.2 Å². The van der Waals surface area contributed by atoms with Crippen molar-refractivity contribution in [3.8, 4) is 56.8 Å². The van der Waals surface area contributed by atoms with Crippen LogP contribution in [0.2, 0.25) is 5.02 Å². The Morgan fingerprint density at radius 2 is 0.850 bits per heavy atom. The molecule has 147 heavy (non-hydrogen) atoms. The molecule has 5 aromatic carbocycles. The number of hydrogen-bond acceptors (Lipinski definition) is 25. The van der Waals surface area contributed by atoms with Crippen LogP contribution in [0, 0.1) is 38.5 Å². The molecular formula is C109H104Br2ClF6IN12O16. The normalized spacial score (nSPS) is 16.0. The van der Waals surface area contributed by atoms with Gasteiger partial charge in [0.25, 0.3) is 17.7 Å². The lowest BCUT2D eigenvalue weighted by Crippen LogP contribution is -2.33. The molecule has 16 heterocycles. The van der Waals surface area contributed by atoms with Crippen LogP contribution in [0.4, 0.5) is 32.2 Å². The molecule has 6 N–H and O–H groups in total. The number of ether oxygens (including phenoxy) is 9. The summed E-state index contributed by atoms with van der Waals surface area (Å²) in [4.78, 5) is 87.2. The topological polar surface area (TPSA) is 360 Å². The van der Waals surface area contributed by atoms with Crippen LogP contribution in [-0.4, -0.2) is 183 Å². The van der Waals surface area contributed by atoms with Gasteiger partial charge in [-0.25, -0.2) is 56.2 Å². The van der Waals surface area contributed by atoms with E-state index >= 15 is 0 Å². The summed E-state index contributed by atoms with van der Waals surface area (Å²) < 4.78 is 137. The molecule has 4 fully saturated rings. The van der Waals surface area contributed by atoms with Gasteiger partial charge in [-0.2, -0.15) is 0 Å². The summed E-state index contributed by atoms with van der Waals surface area (Å²) in [7, 11) is 6.20. The van der Waals surface area contributed by atoms with E-state index in [1.807, 2.05) is 73.1 Å². The number of aliphatic hydroxyl groups is 3. The SMILES string of the molecule is Brc1ccc(I)cn1.COc1ccc(CN2Cc3nc(-c4c(F)cccc4F)cc(Cc4ccc(C5(O)CCOCC5)cn4)c3C2=O)c(OC)c1.COc1ccc(CN2Cc3nc(-c4c(F)cccc4F)cc(Cl)c3C2=O)c(OC)c1.Nc1ccc(C2(O)CCOCC2)cn1.O=C1CCOCC1.O=C1NCc2nc(-c3c(F)cccc3F)cc(Cc3ccc(C4=CCOCC4)cn3)c21.OC1(c2ccc(Br)nc2)CCOCC1. The summed E-state index contributed by atoms with van der Waals surface area (Å²) in [6.45, 7) is 6.98. The van der Waals surface area contributed by atoms with Gasteiger partial charge < -0.3 is 78.8 Å². The molecule has 0 unspecified atom stereocenters. The Kier molecular flexibility index (Phi) is 37.2. The van der Waals surface area contributed by atoms with E-state index in [0.29, 0.717) is 209 Å². The molecule has 0 atom stereocenters. The minimum Gasteiger partial charge on any atom is -0.497 e. The minimum atomic E-state index is -1.00. The molecular weight excluding hydrogens is 2170 g/mol. The number of Topliss-reactive ketones (excluding diaryl/α,β-unsaturated/α-hetero) is 1. The second-order valence-electron chi connectivity index (χ2n) is 35.1. The van der Waals surface area contributed by atoms with Crippen LogP contribution in [0.15, 0.2) is 216 Å². The third kappa shape index (κ3) is 27.3. The van der Waals surface area contributed by atoms with E-state index in [9.17, 15) is 60.8 Å². The Bertz CT molecular complexity index is 6750. The van der Waals surface area contributed by atoms with E-state index in [1.54, 1.807) is 98.3 Å². The zero-order valence-electron chi connectivity index (χ0n) is 80.5. The maximum atomic E-state index is 14.9. The Hall–Kier alpha value is -12.6. The first-order valence-corrected chi connectivity index (χ1v) is 50.1. The fraction of sp³-hybridized carbons (Fsp3) is 0.303. The predicted molar refractivity (Wildman–Crippen MR) is 551 cm³/mol. The summed E-state index contributed by atoms with van der Waals surface area (Å²) in [5.41, 5.74) is 13.7. The van der Waals surface area contributed by atoms with E-state index in [4.69, 9.17) is 60.0 Å². The summed E-state index contributed by atoms with van der Waals surface area (Å²) in [5.74, 6) is -1.93. The van der Waals surface area contributed by atoms with Crippen molar-refractivity contribution in [2.45, 2.75) is 120 Å². The van der Waals surface area contributed by atoms with E-state index in [2.05, 4.69) is 106 Å². The van der Waals surface area contributed by atoms with Crippen molar-refractivity contribution in [1.29, 1.82) is 0 Å². The molecule has 8 aliphatic rings. The van der Waals surface area contributed by atoms with Gasteiger partial charge >= 0.3 is 0 Å². The molecule has 38 heteroatoms. The number of nitrogen functional groups attached to an aromatic ring is 1. The molecule has 3 amide bonds. The predicted octanol–water partition coefficient (Wildman–Crippen LogP) is 19.4. The number of pyridine rings is 8. The number of hydrogen-bond donors (Lipinski definition) is 5. The fourth-order valence-electron chi connectivity index (χ4n) is 17.6. The second-order valence-corrected chi connectivity index (χ2v) is 38.4.